The van der Waals surface area contributed by atoms with Crippen molar-refractivity contribution in [1.82, 2.24) is 0 Å². The first kappa shape index (κ1) is 11.3. The van der Waals surface area contributed by atoms with E-state index in [4.69, 9.17) is 17.3 Å². The van der Waals surface area contributed by atoms with Crippen molar-refractivity contribution in [1.29, 1.82) is 0 Å². The van der Waals surface area contributed by atoms with Gasteiger partial charge in [0, 0.05) is 5.92 Å². The highest BCUT2D eigenvalue weighted by Crippen LogP contribution is 2.37. The fraction of sp³-hybridized carbons (Fsp3) is 0.417. The van der Waals surface area contributed by atoms with Crippen LogP contribution in [0.25, 0.3) is 0 Å². The predicted molar refractivity (Wildman–Crippen MR) is 66.4 cm³/mol. The Hall–Kier alpha value is -1.22. The molecular weight excluding hydrogens is 224 g/mol. The van der Waals surface area contributed by atoms with Crippen molar-refractivity contribution in [2.24, 2.45) is 11.8 Å². The van der Waals surface area contributed by atoms with Crippen LogP contribution in [-0.4, -0.2) is 5.91 Å². The summed E-state index contributed by atoms with van der Waals surface area (Å²) in [5.74, 6) is 0.571. The molecule has 1 fully saturated rings. The first-order valence-corrected chi connectivity index (χ1v) is 5.82. The van der Waals surface area contributed by atoms with E-state index >= 15 is 0 Å². The lowest BCUT2D eigenvalue weighted by Gasteiger charge is -2.13. The SMILES string of the molecule is CC(C(=O)Nc1c(N)cccc1Cl)C1CC1. The molecule has 1 aromatic rings. The Labute approximate surface area is 100.0 Å². The highest BCUT2D eigenvalue weighted by atomic mass is 35.5. The van der Waals surface area contributed by atoms with Crippen molar-refractivity contribution in [2.75, 3.05) is 11.1 Å². The van der Waals surface area contributed by atoms with Crippen LogP contribution in [0.4, 0.5) is 11.4 Å². The summed E-state index contributed by atoms with van der Waals surface area (Å²) in [7, 11) is 0. The number of para-hydroxylation sites is 1. The van der Waals surface area contributed by atoms with Crippen molar-refractivity contribution < 1.29 is 4.79 Å². The second kappa shape index (κ2) is 4.34. The third-order valence-corrected chi connectivity index (χ3v) is 3.35. The first-order valence-electron chi connectivity index (χ1n) is 5.44. The van der Waals surface area contributed by atoms with Gasteiger partial charge in [0.1, 0.15) is 0 Å². The Kier molecular flexibility index (Phi) is 3.06. The molecule has 3 N–H and O–H groups in total. The second-order valence-corrected chi connectivity index (χ2v) is 4.73. The van der Waals surface area contributed by atoms with E-state index in [2.05, 4.69) is 5.32 Å². The normalized spacial score (nSPS) is 16.9. The fourth-order valence-electron chi connectivity index (χ4n) is 1.72. The van der Waals surface area contributed by atoms with Gasteiger partial charge in [-0.2, -0.15) is 0 Å². The van der Waals surface area contributed by atoms with Gasteiger partial charge in [-0.3, -0.25) is 4.79 Å². The van der Waals surface area contributed by atoms with E-state index in [1.54, 1.807) is 18.2 Å². The molecule has 0 heterocycles. The average Bonchev–Trinajstić information content (AvgIpc) is 3.06. The molecule has 1 amide bonds. The lowest BCUT2D eigenvalue weighted by molar-refractivity contribution is -0.119. The minimum Gasteiger partial charge on any atom is -0.397 e. The van der Waals surface area contributed by atoms with Gasteiger partial charge >= 0.3 is 0 Å². The molecule has 0 spiro atoms. The maximum absolute atomic E-state index is 11.9. The molecule has 0 saturated heterocycles. The molecule has 1 aliphatic carbocycles. The van der Waals surface area contributed by atoms with Gasteiger partial charge in [0.15, 0.2) is 0 Å². The molecule has 0 radical (unpaired) electrons. The van der Waals surface area contributed by atoms with Crippen LogP contribution < -0.4 is 11.1 Å². The van der Waals surface area contributed by atoms with E-state index in [0.717, 1.165) is 12.8 Å². The van der Waals surface area contributed by atoms with Crippen LogP contribution in [0.3, 0.4) is 0 Å². The number of hydrogen-bond donors (Lipinski definition) is 2. The molecule has 0 aliphatic heterocycles. The number of carbonyl (C=O) groups is 1. The highest BCUT2D eigenvalue weighted by molar-refractivity contribution is 6.34. The number of hydrogen-bond acceptors (Lipinski definition) is 2. The Balaban J connectivity index is 2.10. The predicted octanol–water partition coefficient (Wildman–Crippen LogP) is 2.91. The van der Waals surface area contributed by atoms with Gasteiger partial charge in [0.05, 0.1) is 16.4 Å². The fourth-order valence-corrected chi connectivity index (χ4v) is 1.95. The summed E-state index contributed by atoms with van der Waals surface area (Å²) in [5, 5.41) is 3.29. The lowest BCUT2D eigenvalue weighted by Crippen LogP contribution is -2.22. The van der Waals surface area contributed by atoms with Crippen molar-refractivity contribution in [2.45, 2.75) is 19.8 Å². The summed E-state index contributed by atoms with van der Waals surface area (Å²) in [6.45, 7) is 1.94. The van der Waals surface area contributed by atoms with Gasteiger partial charge in [0.25, 0.3) is 0 Å². The molecule has 1 aliphatic rings. The minimum absolute atomic E-state index is 0.00213. The maximum atomic E-state index is 11.9. The standard InChI is InChI=1S/C12H15ClN2O/c1-7(8-5-6-8)12(16)15-11-9(13)3-2-4-10(11)14/h2-4,7-8H,5-6,14H2,1H3,(H,15,16). The highest BCUT2D eigenvalue weighted by Gasteiger charge is 2.32. The van der Waals surface area contributed by atoms with Crippen molar-refractivity contribution >= 4 is 28.9 Å². The van der Waals surface area contributed by atoms with Crippen molar-refractivity contribution in [3.63, 3.8) is 0 Å². The van der Waals surface area contributed by atoms with E-state index in [-0.39, 0.29) is 11.8 Å². The van der Waals surface area contributed by atoms with Crippen LogP contribution in [-0.2, 0) is 4.79 Å². The lowest BCUT2D eigenvalue weighted by atomic mass is 10.1. The summed E-state index contributed by atoms with van der Waals surface area (Å²) in [6.07, 6.45) is 2.29. The molecule has 1 aromatic carbocycles. The molecule has 86 valence electrons. The number of nitrogens with one attached hydrogen (secondary N) is 1. The van der Waals surface area contributed by atoms with Crippen LogP contribution in [0.5, 0.6) is 0 Å². The monoisotopic (exact) mass is 238 g/mol. The zero-order valence-corrected chi connectivity index (χ0v) is 9.92. The topological polar surface area (TPSA) is 55.1 Å². The average molecular weight is 239 g/mol. The summed E-state index contributed by atoms with van der Waals surface area (Å²) >= 11 is 5.98. The van der Waals surface area contributed by atoms with Gasteiger partial charge in [-0.15, -0.1) is 0 Å². The second-order valence-electron chi connectivity index (χ2n) is 4.32. The Morgan fingerprint density at radius 3 is 2.81 bits per heavy atom. The van der Waals surface area contributed by atoms with E-state index in [1.165, 1.54) is 0 Å². The Morgan fingerprint density at radius 1 is 1.56 bits per heavy atom. The third kappa shape index (κ3) is 2.30. The number of anilines is 2. The molecule has 4 heteroatoms. The molecule has 0 bridgehead atoms. The molecule has 2 rings (SSSR count). The van der Waals surface area contributed by atoms with Gasteiger partial charge in [-0.05, 0) is 30.9 Å². The number of amides is 1. The summed E-state index contributed by atoms with van der Waals surface area (Å²) < 4.78 is 0. The first-order chi connectivity index (χ1) is 7.59. The number of nitrogens with two attached hydrogens (primary N) is 1. The van der Waals surface area contributed by atoms with Crippen molar-refractivity contribution in [3.8, 4) is 0 Å². The largest absolute Gasteiger partial charge is 0.397 e. The number of carbonyl (C=O) groups excluding carboxylic acids is 1. The Morgan fingerprint density at radius 2 is 2.25 bits per heavy atom. The molecule has 1 atom stereocenters. The van der Waals surface area contributed by atoms with Gasteiger partial charge in [0.2, 0.25) is 5.91 Å². The minimum atomic E-state index is 0.00213. The van der Waals surface area contributed by atoms with Crippen LogP contribution in [0.2, 0.25) is 5.02 Å². The zero-order valence-electron chi connectivity index (χ0n) is 9.16. The van der Waals surface area contributed by atoms with E-state index in [9.17, 15) is 4.79 Å². The number of nitrogen functional groups attached to an aromatic ring is 1. The number of rotatable bonds is 3. The van der Waals surface area contributed by atoms with Crippen LogP contribution >= 0.6 is 11.6 Å². The van der Waals surface area contributed by atoms with Crippen LogP contribution in [0.1, 0.15) is 19.8 Å². The number of benzene rings is 1. The Bertz CT molecular complexity index is 395. The van der Waals surface area contributed by atoms with Gasteiger partial charge in [-0.25, -0.2) is 0 Å². The summed E-state index contributed by atoms with van der Waals surface area (Å²) in [5.41, 5.74) is 6.80. The van der Waals surface area contributed by atoms with E-state index < -0.39 is 0 Å². The van der Waals surface area contributed by atoms with Gasteiger partial charge < -0.3 is 11.1 Å². The third-order valence-electron chi connectivity index (χ3n) is 3.04. The van der Waals surface area contributed by atoms with E-state index in [1.807, 2.05) is 6.92 Å². The van der Waals surface area contributed by atoms with Gasteiger partial charge in [-0.1, -0.05) is 24.6 Å². The van der Waals surface area contributed by atoms with Crippen LogP contribution in [0.15, 0.2) is 18.2 Å². The maximum Gasteiger partial charge on any atom is 0.227 e. The molecule has 1 saturated carbocycles. The smallest absolute Gasteiger partial charge is 0.227 e. The molecule has 1 unspecified atom stereocenters. The molecule has 0 aromatic heterocycles. The molecular formula is C12H15ClN2O. The van der Waals surface area contributed by atoms with Crippen LogP contribution in [0, 0.1) is 11.8 Å². The summed E-state index contributed by atoms with van der Waals surface area (Å²) in [4.78, 5) is 11.9. The van der Waals surface area contributed by atoms with E-state index in [0.29, 0.717) is 22.3 Å². The zero-order chi connectivity index (χ0) is 11.7. The molecule has 16 heavy (non-hydrogen) atoms. The quantitative estimate of drug-likeness (QED) is 0.796. The van der Waals surface area contributed by atoms with Crippen molar-refractivity contribution in [3.05, 3.63) is 23.2 Å². The molecule has 3 nitrogen and oxygen atoms in total. The number of halogens is 1. The summed E-state index contributed by atoms with van der Waals surface area (Å²) in [6, 6.07) is 5.20.